The number of carbonyl (C=O) groups excluding carboxylic acids is 1. The highest BCUT2D eigenvalue weighted by atomic mass is 35.5. The largest absolute Gasteiger partial charge is 0.339 e. The van der Waals surface area contributed by atoms with Gasteiger partial charge < -0.3 is 11.1 Å². The average molecular weight is 282 g/mol. The van der Waals surface area contributed by atoms with Crippen LogP contribution < -0.4 is 11.1 Å². The van der Waals surface area contributed by atoms with Crippen molar-refractivity contribution >= 4 is 17.5 Å². The number of carbonyl (C=O) groups is 1. The smallest absolute Gasteiger partial charge is 0.237 e. The van der Waals surface area contributed by atoms with Crippen molar-refractivity contribution in [2.75, 3.05) is 6.54 Å². The summed E-state index contributed by atoms with van der Waals surface area (Å²) in [5.74, 6) is -0.0898. The molecule has 1 fully saturated rings. The fraction of sp³-hybridized carbons (Fsp3) is 0.500. The van der Waals surface area contributed by atoms with Crippen LogP contribution in [0.15, 0.2) is 24.3 Å². The maximum absolute atomic E-state index is 11.7. The maximum atomic E-state index is 11.7. The molecule has 1 aromatic rings. The predicted molar refractivity (Wildman–Crippen MR) is 76.7 cm³/mol. The van der Waals surface area contributed by atoms with E-state index in [1.807, 2.05) is 24.3 Å². The highest BCUT2D eigenvalue weighted by Crippen LogP contribution is 2.19. The van der Waals surface area contributed by atoms with Crippen molar-refractivity contribution in [3.63, 3.8) is 0 Å². The summed E-state index contributed by atoms with van der Waals surface area (Å²) in [4.78, 5) is 13.9. The molecule has 3 N–H and O–H groups in total. The van der Waals surface area contributed by atoms with Crippen molar-refractivity contribution in [1.82, 2.24) is 10.2 Å². The van der Waals surface area contributed by atoms with Gasteiger partial charge in [0.2, 0.25) is 5.91 Å². The number of likely N-dealkylation sites (tertiary alicyclic amines) is 1. The molecule has 0 saturated carbocycles. The Labute approximate surface area is 118 Å². The first-order chi connectivity index (χ1) is 9.06. The van der Waals surface area contributed by atoms with Crippen LogP contribution in [0.1, 0.15) is 25.3 Å². The van der Waals surface area contributed by atoms with E-state index in [1.54, 1.807) is 6.92 Å². The number of halogens is 1. The first-order valence-corrected chi connectivity index (χ1v) is 6.98. The fourth-order valence-corrected chi connectivity index (χ4v) is 2.42. The molecule has 19 heavy (non-hydrogen) atoms. The first-order valence-electron chi connectivity index (χ1n) is 6.60. The van der Waals surface area contributed by atoms with Gasteiger partial charge in [0.1, 0.15) is 0 Å². The number of nitrogens with two attached hydrogens (primary N) is 1. The molecule has 0 aliphatic carbocycles. The molecule has 1 unspecified atom stereocenters. The first kappa shape index (κ1) is 14.3. The summed E-state index contributed by atoms with van der Waals surface area (Å²) in [7, 11) is 0. The van der Waals surface area contributed by atoms with Crippen LogP contribution in [-0.4, -0.2) is 29.6 Å². The summed E-state index contributed by atoms with van der Waals surface area (Å²) < 4.78 is 0. The Balaban J connectivity index is 1.95. The molecule has 0 spiro atoms. The third-order valence-corrected chi connectivity index (χ3v) is 3.64. The van der Waals surface area contributed by atoms with Gasteiger partial charge in [0, 0.05) is 18.1 Å². The lowest BCUT2D eigenvalue weighted by atomic mass is 10.2. The lowest BCUT2D eigenvalue weighted by Crippen LogP contribution is -2.49. The SMILES string of the molecule is C[C@@H](N)C(=O)NC1CCCN1Cc1ccc(Cl)cc1. The second-order valence-electron chi connectivity index (χ2n) is 5.05. The van der Waals surface area contributed by atoms with E-state index in [1.165, 1.54) is 5.56 Å². The van der Waals surface area contributed by atoms with Gasteiger partial charge in [-0.15, -0.1) is 0 Å². The number of nitrogens with one attached hydrogen (secondary N) is 1. The molecule has 0 aromatic heterocycles. The Kier molecular flexibility index (Phi) is 4.80. The second-order valence-corrected chi connectivity index (χ2v) is 5.49. The molecular weight excluding hydrogens is 262 g/mol. The number of hydrogen-bond donors (Lipinski definition) is 2. The molecule has 1 saturated heterocycles. The zero-order chi connectivity index (χ0) is 13.8. The van der Waals surface area contributed by atoms with Gasteiger partial charge in [-0.2, -0.15) is 0 Å². The Bertz CT molecular complexity index is 433. The molecule has 104 valence electrons. The monoisotopic (exact) mass is 281 g/mol. The topological polar surface area (TPSA) is 58.4 Å². The molecule has 2 atom stereocenters. The van der Waals surface area contributed by atoms with E-state index in [-0.39, 0.29) is 12.1 Å². The Morgan fingerprint density at radius 3 is 2.84 bits per heavy atom. The number of nitrogens with zero attached hydrogens (tertiary/aromatic N) is 1. The van der Waals surface area contributed by atoms with E-state index in [2.05, 4.69) is 10.2 Å². The molecule has 1 heterocycles. The Morgan fingerprint density at radius 2 is 2.21 bits per heavy atom. The highest BCUT2D eigenvalue weighted by Gasteiger charge is 2.26. The number of amides is 1. The molecule has 4 nitrogen and oxygen atoms in total. The second kappa shape index (κ2) is 6.37. The van der Waals surface area contributed by atoms with E-state index < -0.39 is 6.04 Å². The summed E-state index contributed by atoms with van der Waals surface area (Å²) in [6, 6.07) is 7.36. The highest BCUT2D eigenvalue weighted by molar-refractivity contribution is 6.30. The summed E-state index contributed by atoms with van der Waals surface area (Å²) >= 11 is 5.88. The van der Waals surface area contributed by atoms with Crippen LogP contribution in [0.2, 0.25) is 5.02 Å². The third kappa shape index (κ3) is 3.93. The summed E-state index contributed by atoms with van der Waals surface area (Å²) in [5, 5.41) is 3.74. The number of rotatable bonds is 4. The average Bonchev–Trinajstić information content (AvgIpc) is 2.79. The van der Waals surface area contributed by atoms with Crippen LogP contribution in [0, 0.1) is 0 Å². The standard InChI is InChI=1S/C14H20ClN3O/c1-10(16)14(19)17-13-3-2-8-18(13)9-11-4-6-12(15)7-5-11/h4-7,10,13H,2-3,8-9,16H2,1H3,(H,17,19)/t10-,13?/m1/s1. The zero-order valence-electron chi connectivity index (χ0n) is 11.1. The molecule has 0 bridgehead atoms. The summed E-state index contributed by atoms with van der Waals surface area (Å²) in [5.41, 5.74) is 6.78. The number of hydrogen-bond acceptors (Lipinski definition) is 3. The van der Waals surface area contributed by atoms with Gasteiger partial charge in [0.05, 0.1) is 12.2 Å². The molecular formula is C14H20ClN3O. The van der Waals surface area contributed by atoms with E-state index >= 15 is 0 Å². The van der Waals surface area contributed by atoms with E-state index in [0.29, 0.717) is 0 Å². The van der Waals surface area contributed by atoms with Crippen molar-refractivity contribution in [3.8, 4) is 0 Å². The van der Waals surface area contributed by atoms with Crippen molar-refractivity contribution in [2.45, 2.75) is 38.5 Å². The fourth-order valence-electron chi connectivity index (χ4n) is 2.30. The quantitative estimate of drug-likeness (QED) is 0.884. The van der Waals surface area contributed by atoms with E-state index in [0.717, 1.165) is 31.0 Å². The lowest BCUT2D eigenvalue weighted by Gasteiger charge is -2.26. The van der Waals surface area contributed by atoms with Crippen LogP contribution in [-0.2, 0) is 11.3 Å². The normalized spacial score (nSPS) is 21.3. The van der Waals surface area contributed by atoms with Crippen molar-refractivity contribution in [3.05, 3.63) is 34.9 Å². The van der Waals surface area contributed by atoms with E-state index in [4.69, 9.17) is 17.3 Å². The zero-order valence-corrected chi connectivity index (χ0v) is 11.9. The van der Waals surface area contributed by atoms with Gasteiger partial charge in [-0.05, 0) is 37.5 Å². The molecule has 0 radical (unpaired) electrons. The van der Waals surface area contributed by atoms with Crippen LogP contribution in [0.5, 0.6) is 0 Å². The third-order valence-electron chi connectivity index (χ3n) is 3.39. The minimum Gasteiger partial charge on any atom is -0.339 e. The Morgan fingerprint density at radius 1 is 1.53 bits per heavy atom. The van der Waals surface area contributed by atoms with Gasteiger partial charge in [-0.3, -0.25) is 9.69 Å². The summed E-state index contributed by atoms with van der Waals surface area (Å²) in [6.45, 7) is 3.52. The van der Waals surface area contributed by atoms with Crippen LogP contribution in [0.4, 0.5) is 0 Å². The van der Waals surface area contributed by atoms with Crippen LogP contribution in [0.25, 0.3) is 0 Å². The van der Waals surface area contributed by atoms with E-state index in [9.17, 15) is 4.79 Å². The minimum atomic E-state index is -0.460. The van der Waals surface area contributed by atoms with Gasteiger partial charge in [0.15, 0.2) is 0 Å². The molecule has 1 aromatic carbocycles. The number of benzene rings is 1. The molecule has 2 rings (SSSR count). The van der Waals surface area contributed by atoms with Crippen molar-refractivity contribution < 1.29 is 4.79 Å². The molecule has 1 aliphatic rings. The molecule has 1 amide bonds. The molecule has 5 heteroatoms. The van der Waals surface area contributed by atoms with Gasteiger partial charge in [-0.1, -0.05) is 23.7 Å². The van der Waals surface area contributed by atoms with Gasteiger partial charge in [0.25, 0.3) is 0 Å². The van der Waals surface area contributed by atoms with Crippen molar-refractivity contribution in [1.29, 1.82) is 0 Å². The van der Waals surface area contributed by atoms with Crippen LogP contribution >= 0.6 is 11.6 Å². The minimum absolute atomic E-state index is 0.0898. The van der Waals surface area contributed by atoms with Crippen LogP contribution in [0.3, 0.4) is 0 Å². The Hall–Kier alpha value is -1.10. The van der Waals surface area contributed by atoms with Gasteiger partial charge in [-0.25, -0.2) is 0 Å². The summed E-state index contributed by atoms with van der Waals surface area (Å²) in [6.07, 6.45) is 2.16. The lowest BCUT2D eigenvalue weighted by molar-refractivity contribution is -0.123. The van der Waals surface area contributed by atoms with Crippen molar-refractivity contribution in [2.24, 2.45) is 5.73 Å². The van der Waals surface area contributed by atoms with Gasteiger partial charge >= 0.3 is 0 Å². The predicted octanol–water partition coefficient (Wildman–Crippen LogP) is 1.73. The molecule has 1 aliphatic heterocycles. The maximum Gasteiger partial charge on any atom is 0.237 e.